The Hall–Kier alpha value is -1.86. The van der Waals surface area contributed by atoms with E-state index < -0.39 is 15.4 Å². The van der Waals surface area contributed by atoms with Gasteiger partial charge in [-0.2, -0.15) is 5.10 Å². The highest BCUT2D eigenvalue weighted by atomic mass is 32.2. The number of nitrogens with one attached hydrogen (secondary N) is 1. The number of aromatic nitrogens is 2. The maximum absolute atomic E-state index is 11.7. The zero-order valence-electron chi connectivity index (χ0n) is 12.9. The first-order valence-corrected chi connectivity index (χ1v) is 8.68. The van der Waals surface area contributed by atoms with E-state index in [9.17, 15) is 13.5 Å². The number of rotatable bonds is 6. The molecule has 0 bridgehead atoms. The summed E-state index contributed by atoms with van der Waals surface area (Å²) in [5, 5.41) is 17.6. The van der Waals surface area contributed by atoms with Crippen LogP contribution in [0.15, 0.2) is 41.6 Å². The van der Waals surface area contributed by atoms with Crippen LogP contribution in [0.2, 0.25) is 0 Å². The largest absolute Gasteiger partial charge is 0.383 e. The molecule has 0 aliphatic heterocycles. The summed E-state index contributed by atoms with van der Waals surface area (Å²) in [7, 11) is -1.40. The van der Waals surface area contributed by atoms with E-state index in [1.807, 2.05) is 0 Å². The molecule has 0 fully saturated rings. The van der Waals surface area contributed by atoms with Gasteiger partial charge in [-0.15, -0.1) is 0 Å². The van der Waals surface area contributed by atoms with E-state index in [-0.39, 0.29) is 5.75 Å². The summed E-state index contributed by atoms with van der Waals surface area (Å²) < 4.78 is 25.1. The van der Waals surface area contributed by atoms with Gasteiger partial charge in [0.25, 0.3) is 0 Å². The minimum Gasteiger partial charge on any atom is -0.383 e. The maximum atomic E-state index is 11.7. The van der Waals surface area contributed by atoms with Gasteiger partial charge in [-0.3, -0.25) is 4.68 Å². The van der Waals surface area contributed by atoms with Crippen molar-refractivity contribution in [1.29, 1.82) is 0 Å². The van der Waals surface area contributed by atoms with E-state index >= 15 is 0 Å². The number of sulfone groups is 1. The highest BCUT2D eigenvalue weighted by molar-refractivity contribution is 7.91. The van der Waals surface area contributed by atoms with Gasteiger partial charge in [0.2, 0.25) is 0 Å². The van der Waals surface area contributed by atoms with E-state index in [4.69, 9.17) is 0 Å². The molecule has 0 radical (unpaired) electrons. The summed E-state index contributed by atoms with van der Waals surface area (Å²) in [4.78, 5) is 0.305. The lowest BCUT2D eigenvalue weighted by Crippen LogP contribution is -2.30. The van der Waals surface area contributed by atoms with Crippen molar-refractivity contribution in [2.45, 2.75) is 24.3 Å². The van der Waals surface area contributed by atoms with E-state index in [1.165, 1.54) is 0 Å². The van der Waals surface area contributed by atoms with Crippen LogP contribution >= 0.6 is 0 Å². The van der Waals surface area contributed by atoms with Crippen molar-refractivity contribution in [3.8, 4) is 0 Å². The van der Waals surface area contributed by atoms with Crippen molar-refractivity contribution in [2.24, 2.45) is 7.05 Å². The van der Waals surface area contributed by atoms with Crippen molar-refractivity contribution in [3.63, 3.8) is 0 Å². The minimum atomic E-state index is -3.19. The normalized spacial score (nSPS) is 14.5. The van der Waals surface area contributed by atoms with Crippen molar-refractivity contribution < 1.29 is 13.5 Å². The Morgan fingerprint density at radius 3 is 2.45 bits per heavy atom. The van der Waals surface area contributed by atoms with Crippen LogP contribution in [0.3, 0.4) is 0 Å². The number of aliphatic hydroxyl groups is 1. The molecule has 1 aromatic heterocycles. The molecule has 2 rings (SSSR count). The topological polar surface area (TPSA) is 84.2 Å². The molecule has 6 nitrogen and oxygen atoms in total. The molecule has 0 aliphatic carbocycles. The van der Waals surface area contributed by atoms with Crippen LogP contribution in [0.25, 0.3) is 0 Å². The Balaban J connectivity index is 2.06. The zero-order chi connectivity index (χ0) is 16.4. The lowest BCUT2D eigenvalue weighted by molar-refractivity contribution is 0.0714. The zero-order valence-corrected chi connectivity index (χ0v) is 13.8. The van der Waals surface area contributed by atoms with Crippen molar-refractivity contribution in [3.05, 3.63) is 42.2 Å². The standard InChI is InChI=1S/C15H21N3O3S/c1-4-22(20,21)14-7-5-13(6-8-14)16-11-15(2,19)12-9-17-18(3)10-12/h5-10,16,19H,4,11H2,1-3H3/t15-/m1/s1. The molecule has 7 heteroatoms. The van der Waals surface area contributed by atoms with Gasteiger partial charge in [-0.25, -0.2) is 8.42 Å². The summed E-state index contributed by atoms with van der Waals surface area (Å²) in [5.74, 6) is 0.0789. The lowest BCUT2D eigenvalue weighted by Gasteiger charge is -2.23. The smallest absolute Gasteiger partial charge is 0.178 e. The molecule has 2 aromatic rings. The van der Waals surface area contributed by atoms with Gasteiger partial charge in [0.1, 0.15) is 5.60 Å². The Morgan fingerprint density at radius 2 is 1.95 bits per heavy atom. The molecule has 120 valence electrons. The number of nitrogens with zero attached hydrogens (tertiary/aromatic N) is 2. The van der Waals surface area contributed by atoms with Gasteiger partial charge in [0.15, 0.2) is 9.84 Å². The molecule has 0 amide bonds. The highest BCUT2D eigenvalue weighted by Crippen LogP contribution is 2.21. The molecule has 2 N–H and O–H groups in total. The fourth-order valence-corrected chi connectivity index (χ4v) is 2.91. The van der Waals surface area contributed by atoms with Crippen LogP contribution in [-0.4, -0.2) is 35.6 Å². The van der Waals surface area contributed by atoms with Gasteiger partial charge >= 0.3 is 0 Å². The third-order valence-electron chi connectivity index (χ3n) is 3.56. The van der Waals surface area contributed by atoms with E-state index in [0.717, 1.165) is 5.69 Å². The van der Waals surface area contributed by atoms with Gasteiger partial charge < -0.3 is 10.4 Å². The second kappa shape index (κ2) is 6.10. The average Bonchev–Trinajstić information content (AvgIpc) is 2.93. The molecular formula is C15H21N3O3S. The van der Waals surface area contributed by atoms with Crippen molar-refractivity contribution in [2.75, 3.05) is 17.6 Å². The summed E-state index contributed by atoms with van der Waals surface area (Å²) in [6.45, 7) is 3.61. The van der Waals surface area contributed by atoms with Gasteiger partial charge in [0, 0.05) is 31.0 Å². The SMILES string of the molecule is CCS(=O)(=O)c1ccc(NC[C@@](C)(O)c2cnn(C)c2)cc1. The van der Waals surface area contributed by atoms with Crippen LogP contribution in [0.1, 0.15) is 19.4 Å². The molecule has 1 aromatic carbocycles. The summed E-state index contributed by atoms with van der Waals surface area (Å²) in [6.07, 6.45) is 3.39. The van der Waals surface area contributed by atoms with Crippen LogP contribution in [-0.2, 0) is 22.5 Å². The Morgan fingerprint density at radius 1 is 1.32 bits per heavy atom. The van der Waals surface area contributed by atoms with E-state index in [2.05, 4.69) is 10.4 Å². The van der Waals surface area contributed by atoms with Crippen molar-refractivity contribution in [1.82, 2.24) is 9.78 Å². The average molecular weight is 323 g/mol. The third kappa shape index (κ3) is 3.66. The van der Waals surface area contributed by atoms with Crippen LogP contribution in [0.4, 0.5) is 5.69 Å². The van der Waals surface area contributed by atoms with Crippen LogP contribution < -0.4 is 5.32 Å². The Labute approximate surface area is 130 Å². The van der Waals surface area contributed by atoms with Crippen molar-refractivity contribution >= 4 is 15.5 Å². The molecule has 22 heavy (non-hydrogen) atoms. The van der Waals surface area contributed by atoms with Crippen LogP contribution in [0, 0.1) is 0 Å². The van der Waals surface area contributed by atoms with Gasteiger partial charge in [-0.05, 0) is 31.2 Å². The second-order valence-corrected chi connectivity index (χ2v) is 7.74. The number of benzene rings is 1. The summed E-state index contributed by atoms with van der Waals surface area (Å²) in [5.41, 5.74) is 0.398. The number of aryl methyl sites for hydroxylation is 1. The number of hydrogen-bond donors (Lipinski definition) is 2. The highest BCUT2D eigenvalue weighted by Gasteiger charge is 2.24. The van der Waals surface area contributed by atoms with E-state index in [1.54, 1.807) is 62.2 Å². The van der Waals surface area contributed by atoms with Crippen LogP contribution in [0.5, 0.6) is 0 Å². The minimum absolute atomic E-state index is 0.0789. The van der Waals surface area contributed by atoms with E-state index in [0.29, 0.717) is 17.0 Å². The first-order chi connectivity index (χ1) is 10.2. The number of hydrogen-bond acceptors (Lipinski definition) is 5. The lowest BCUT2D eigenvalue weighted by atomic mass is 9.99. The fraction of sp³-hybridized carbons (Fsp3) is 0.400. The number of anilines is 1. The summed E-state index contributed by atoms with van der Waals surface area (Å²) >= 11 is 0. The molecular weight excluding hydrogens is 302 g/mol. The molecule has 0 unspecified atom stereocenters. The molecule has 1 heterocycles. The second-order valence-electron chi connectivity index (χ2n) is 5.46. The maximum Gasteiger partial charge on any atom is 0.178 e. The molecule has 0 saturated heterocycles. The Bertz CT molecular complexity index is 734. The Kier molecular flexibility index (Phi) is 4.58. The van der Waals surface area contributed by atoms with Gasteiger partial charge in [0.05, 0.1) is 16.8 Å². The fourth-order valence-electron chi connectivity index (χ4n) is 2.02. The summed E-state index contributed by atoms with van der Waals surface area (Å²) in [6, 6.07) is 6.53. The predicted octanol–water partition coefficient (Wildman–Crippen LogP) is 1.53. The quantitative estimate of drug-likeness (QED) is 0.842. The first kappa shape index (κ1) is 16.5. The first-order valence-electron chi connectivity index (χ1n) is 7.03. The predicted molar refractivity (Wildman–Crippen MR) is 85.4 cm³/mol. The molecule has 0 aliphatic rings. The monoisotopic (exact) mass is 323 g/mol. The third-order valence-corrected chi connectivity index (χ3v) is 5.31. The molecule has 0 saturated carbocycles. The van der Waals surface area contributed by atoms with Gasteiger partial charge in [-0.1, -0.05) is 6.92 Å². The molecule has 1 atom stereocenters. The molecule has 0 spiro atoms.